The van der Waals surface area contributed by atoms with Crippen LogP contribution in [0.4, 0.5) is 8.78 Å². The van der Waals surface area contributed by atoms with Crippen LogP contribution in [0.3, 0.4) is 0 Å². The summed E-state index contributed by atoms with van der Waals surface area (Å²) in [6.07, 6.45) is -1.36. The van der Waals surface area contributed by atoms with Crippen molar-refractivity contribution in [1.82, 2.24) is 0 Å². The van der Waals surface area contributed by atoms with E-state index in [4.69, 9.17) is 10.8 Å². The molecule has 9 heavy (non-hydrogen) atoms. The molecule has 1 atom stereocenters. The van der Waals surface area contributed by atoms with Gasteiger partial charge in [0.1, 0.15) is 0 Å². The summed E-state index contributed by atoms with van der Waals surface area (Å²) in [4.78, 5) is 0. The van der Waals surface area contributed by atoms with Crippen molar-refractivity contribution >= 4 is 12.4 Å². The third-order valence-corrected chi connectivity index (χ3v) is 0.551. The molecule has 0 aromatic carbocycles. The maximum absolute atomic E-state index is 11.1. The van der Waals surface area contributed by atoms with Gasteiger partial charge in [-0.25, -0.2) is 0 Å². The van der Waals surface area contributed by atoms with E-state index in [2.05, 4.69) is 0 Å². The van der Waals surface area contributed by atoms with Crippen molar-refractivity contribution in [3.05, 3.63) is 12.2 Å². The Hall–Kier alpha value is -0.190. The lowest BCUT2D eigenvalue weighted by Gasteiger charge is -1.95. The Morgan fingerprint density at radius 3 is 2.22 bits per heavy atom. The molecule has 0 saturated heterocycles. The first kappa shape index (κ1) is 11.6. The van der Waals surface area contributed by atoms with Gasteiger partial charge < -0.3 is 10.8 Å². The van der Waals surface area contributed by atoms with E-state index in [0.29, 0.717) is 6.08 Å². The van der Waals surface area contributed by atoms with Crippen molar-refractivity contribution in [3.63, 3.8) is 0 Å². The molecule has 0 unspecified atom stereocenters. The van der Waals surface area contributed by atoms with Gasteiger partial charge in [-0.2, -0.15) is 8.78 Å². The van der Waals surface area contributed by atoms with Crippen LogP contribution in [-0.4, -0.2) is 17.8 Å². The van der Waals surface area contributed by atoms with Gasteiger partial charge in [0.05, 0.1) is 12.6 Å². The zero-order valence-electron chi connectivity index (χ0n) is 4.55. The third-order valence-electron chi connectivity index (χ3n) is 0.551. The summed E-state index contributed by atoms with van der Waals surface area (Å²) < 4.78 is 22.3. The number of rotatable bonds is 2. The molecule has 0 aromatic heterocycles. The summed E-state index contributed by atoms with van der Waals surface area (Å²) in [7, 11) is 0. The highest BCUT2D eigenvalue weighted by Gasteiger charge is 1.96. The van der Waals surface area contributed by atoms with E-state index in [1.165, 1.54) is 0 Å². The molecule has 0 aliphatic rings. The van der Waals surface area contributed by atoms with Crippen molar-refractivity contribution in [2.24, 2.45) is 5.73 Å². The molecule has 0 aliphatic heterocycles. The predicted octanol–water partition coefficient (Wildman–Crippen LogP) is 0.508. The lowest BCUT2D eigenvalue weighted by molar-refractivity contribution is 0.279. The van der Waals surface area contributed by atoms with Crippen molar-refractivity contribution < 1.29 is 13.9 Å². The number of hydrogen-bond acceptors (Lipinski definition) is 2. The minimum atomic E-state index is -1.86. The Bertz CT molecular complexity index is 94.6. The lowest BCUT2D eigenvalue weighted by atomic mass is 10.3. The fourth-order valence-electron chi connectivity index (χ4n) is 0.215. The molecular weight excluding hydrogens is 151 g/mol. The molecule has 2 nitrogen and oxygen atoms in total. The largest absolute Gasteiger partial charge is 0.394 e. The Balaban J connectivity index is 0. The van der Waals surface area contributed by atoms with Crippen LogP contribution in [0.2, 0.25) is 0 Å². The van der Waals surface area contributed by atoms with E-state index in [1.54, 1.807) is 0 Å². The van der Waals surface area contributed by atoms with Gasteiger partial charge in [-0.15, -0.1) is 12.4 Å². The number of hydrogen-bond donors (Lipinski definition) is 2. The van der Waals surface area contributed by atoms with Gasteiger partial charge in [-0.3, -0.25) is 0 Å². The van der Waals surface area contributed by atoms with Crippen LogP contribution in [0.1, 0.15) is 0 Å². The molecule has 5 heteroatoms. The van der Waals surface area contributed by atoms with Crippen LogP contribution in [0.5, 0.6) is 0 Å². The van der Waals surface area contributed by atoms with Crippen molar-refractivity contribution in [2.75, 3.05) is 6.61 Å². The quantitative estimate of drug-likeness (QED) is 0.617. The van der Waals surface area contributed by atoms with Gasteiger partial charge in [0.25, 0.3) is 6.08 Å². The molecule has 0 heterocycles. The number of aliphatic hydroxyl groups excluding tert-OH is 1. The van der Waals surface area contributed by atoms with Crippen molar-refractivity contribution in [3.8, 4) is 0 Å². The highest BCUT2D eigenvalue weighted by atomic mass is 35.5. The van der Waals surface area contributed by atoms with Gasteiger partial charge in [-0.1, -0.05) is 0 Å². The van der Waals surface area contributed by atoms with E-state index in [0.717, 1.165) is 0 Å². The van der Waals surface area contributed by atoms with Crippen molar-refractivity contribution in [1.29, 1.82) is 0 Å². The Morgan fingerprint density at radius 1 is 1.67 bits per heavy atom. The highest BCUT2D eigenvalue weighted by molar-refractivity contribution is 5.85. The fraction of sp³-hybridized carbons (Fsp3) is 0.500. The normalized spacial score (nSPS) is 11.6. The topological polar surface area (TPSA) is 46.2 Å². The Kier molecular flexibility index (Phi) is 7.65. The molecule has 0 radical (unpaired) electrons. The molecular formula is C4H8ClF2NO. The lowest BCUT2D eigenvalue weighted by Crippen LogP contribution is -2.21. The van der Waals surface area contributed by atoms with E-state index >= 15 is 0 Å². The molecule has 0 rings (SSSR count). The van der Waals surface area contributed by atoms with Gasteiger partial charge in [0.2, 0.25) is 0 Å². The second kappa shape index (κ2) is 5.94. The fourth-order valence-corrected chi connectivity index (χ4v) is 0.215. The zero-order valence-corrected chi connectivity index (χ0v) is 5.37. The van der Waals surface area contributed by atoms with Gasteiger partial charge in [0, 0.05) is 6.08 Å². The summed E-state index contributed by atoms with van der Waals surface area (Å²) >= 11 is 0. The summed E-state index contributed by atoms with van der Waals surface area (Å²) in [5.74, 6) is 0. The minimum absolute atomic E-state index is 0. The number of halogens is 3. The first-order valence-corrected chi connectivity index (χ1v) is 2.06. The van der Waals surface area contributed by atoms with Crippen LogP contribution in [-0.2, 0) is 0 Å². The first-order chi connectivity index (χ1) is 3.66. The Morgan fingerprint density at radius 2 is 2.11 bits per heavy atom. The standard InChI is InChI=1S/C4H7F2NO.ClH/c5-4(6)1-3(7)2-8;/h1,3,8H,2,7H2;1H/t3-;/m1./s1. The van der Waals surface area contributed by atoms with Crippen LogP contribution >= 0.6 is 12.4 Å². The van der Waals surface area contributed by atoms with E-state index in [1.807, 2.05) is 0 Å². The maximum Gasteiger partial charge on any atom is 0.267 e. The van der Waals surface area contributed by atoms with Gasteiger partial charge >= 0.3 is 0 Å². The molecule has 3 N–H and O–H groups in total. The summed E-state index contributed by atoms with van der Waals surface area (Å²) in [6.45, 7) is -0.447. The SMILES string of the molecule is Cl.N[C@H](C=C(F)F)CO. The molecule has 0 saturated carbocycles. The van der Waals surface area contributed by atoms with Gasteiger partial charge in [0.15, 0.2) is 0 Å². The van der Waals surface area contributed by atoms with Crippen LogP contribution in [0.15, 0.2) is 12.2 Å². The van der Waals surface area contributed by atoms with Gasteiger partial charge in [-0.05, 0) is 0 Å². The molecule has 0 amide bonds. The molecule has 0 aromatic rings. The molecule has 0 fully saturated rings. The Labute approximate surface area is 57.8 Å². The molecule has 0 bridgehead atoms. The molecule has 56 valence electrons. The highest BCUT2D eigenvalue weighted by Crippen LogP contribution is 1.96. The first-order valence-electron chi connectivity index (χ1n) is 2.06. The average molecular weight is 160 g/mol. The van der Waals surface area contributed by atoms with Crippen LogP contribution < -0.4 is 5.73 Å². The smallest absolute Gasteiger partial charge is 0.267 e. The van der Waals surface area contributed by atoms with E-state index in [9.17, 15) is 8.78 Å². The van der Waals surface area contributed by atoms with E-state index < -0.39 is 18.7 Å². The third kappa shape index (κ3) is 7.81. The maximum atomic E-state index is 11.1. The summed E-state index contributed by atoms with van der Waals surface area (Å²) in [5.41, 5.74) is 4.87. The molecule has 0 spiro atoms. The summed E-state index contributed by atoms with van der Waals surface area (Å²) in [6, 6.07) is -0.931. The zero-order chi connectivity index (χ0) is 6.57. The number of aliphatic hydroxyl groups is 1. The minimum Gasteiger partial charge on any atom is -0.394 e. The predicted molar refractivity (Wildman–Crippen MR) is 32.6 cm³/mol. The second-order valence-corrected chi connectivity index (χ2v) is 1.30. The van der Waals surface area contributed by atoms with Crippen LogP contribution in [0, 0.1) is 0 Å². The summed E-state index contributed by atoms with van der Waals surface area (Å²) in [5, 5.41) is 8.08. The molecule has 0 aliphatic carbocycles. The van der Waals surface area contributed by atoms with Crippen molar-refractivity contribution in [2.45, 2.75) is 6.04 Å². The average Bonchev–Trinajstić information content (AvgIpc) is 1.65. The number of nitrogens with two attached hydrogens (primary N) is 1. The van der Waals surface area contributed by atoms with Crippen LogP contribution in [0.25, 0.3) is 0 Å². The van der Waals surface area contributed by atoms with E-state index in [-0.39, 0.29) is 12.4 Å². The second-order valence-electron chi connectivity index (χ2n) is 1.30. The monoisotopic (exact) mass is 159 g/mol.